The van der Waals surface area contributed by atoms with Gasteiger partial charge in [-0.1, -0.05) is 6.07 Å². The number of carbonyl (C=O) groups excluding carboxylic acids is 1. The zero-order valence-corrected chi connectivity index (χ0v) is 18.6. The number of anilines is 1. The Labute approximate surface area is 178 Å². The Morgan fingerprint density at radius 3 is 2.76 bits per heavy atom. The summed E-state index contributed by atoms with van der Waals surface area (Å²) in [6, 6.07) is 9.48. The Morgan fingerprint density at radius 2 is 2.00 bits per heavy atom. The smallest absolute Gasteiger partial charge is 0.236 e. The molecule has 158 valence electrons. The molecule has 2 aliphatic rings. The molecule has 0 bridgehead atoms. The van der Waals surface area contributed by atoms with E-state index in [0.29, 0.717) is 12.6 Å². The molecular formula is C23H34N4OS. The van der Waals surface area contributed by atoms with Crippen LogP contribution in [-0.4, -0.2) is 74.6 Å². The summed E-state index contributed by atoms with van der Waals surface area (Å²) in [6.07, 6.45) is 3.74. The summed E-state index contributed by atoms with van der Waals surface area (Å²) in [5, 5.41) is 7.03. The van der Waals surface area contributed by atoms with Crippen LogP contribution in [0.1, 0.15) is 26.2 Å². The van der Waals surface area contributed by atoms with E-state index >= 15 is 0 Å². The molecule has 5 nitrogen and oxygen atoms in total. The predicted molar refractivity (Wildman–Crippen MR) is 123 cm³/mol. The van der Waals surface area contributed by atoms with E-state index in [0.717, 1.165) is 38.6 Å². The van der Waals surface area contributed by atoms with Gasteiger partial charge in [-0.2, -0.15) is 0 Å². The van der Waals surface area contributed by atoms with Crippen LogP contribution in [0.5, 0.6) is 0 Å². The first kappa shape index (κ1) is 20.6. The van der Waals surface area contributed by atoms with Crippen molar-refractivity contribution in [1.29, 1.82) is 0 Å². The maximum atomic E-state index is 11.9. The standard InChI is InChI=1S/C23H34N4OS/c1-3-25(2)23(28)17-24-19-15-18(16-19)7-9-26-10-12-27(13-11-26)21-5-4-6-22-20(21)8-14-29-22/h4-6,8,14,18-19,24H,3,7,9-13,15-17H2,1-2H3. The van der Waals surface area contributed by atoms with Crippen LogP contribution in [-0.2, 0) is 4.79 Å². The number of nitrogens with zero attached hydrogens (tertiary/aromatic N) is 3. The summed E-state index contributed by atoms with van der Waals surface area (Å²) in [6.45, 7) is 9.06. The highest BCUT2D eigenvalue weighted by Crippen LogP contribution is 2.32. The first-order valence-electron chi connectivity index (χ1n) is 11.0. The minimum Gasteiger partial charge on any atom is -0.368 e. The minimum absolute atomic E-state index is 0.201. The Balaban J connectivity index is 1.14. The third-order valence-corrected chi connectivity index (χ3v) is 7.60. The van der Waals surface area contributed by atoms with Crippen molar-refractivity contribution in [2.45, 2.75) is 32.2 Å². The highest BCUT2D eigenvalue weighted by molar-refractivity contribution is 7.17. The van der Waals surface area contributed by atoms with Crippen molar-refractivity contribution < 1.29 is 4.79 Å². The first-order valence-corrected chi connectivity index (χ1v) is 11.9. The highest BCUT2D eigenvalue weighted by Gasteiger charge is 2.29. The second-order valence-corrected chi connectivity index (χ2v) is 9.50. The average Bonchev–Trinajstić information content (AvgIpc) is 3.21. The third-order valence-electron chi connectivity index (χ3n) is 6.72. The second kappa shape index (κ2) is 9.45. The van der Waals surface area contributed by atoms with Gasteiger partial charge < -0.3 is 15.1 Å². The Morgan fingerprint density at radius 1 is 1.21 bits per heavy atom. The molecule has 2 fully saturated rings. The van der Waals surface area contributed by atoms with E-state index in [4.69, 9.17) is 0 Å². The Kier molecular flexibility index (Phi) is 6.73. The summed E-state index contributed by atoms with van der Waals surface area (Å²) in [5.74, 6) is 1.02. The molecule has 1 aromatic carbocycles. The van der Waals surface area contributed by atoms with E-state index in [1.165, 1.54) is 41.6 Å². The molecule has 1 saturated heterocycles. The van der Waals surface area contributed by atoms with Crippen molar-refractivity contribution in [3.8, 4) is 0 Å². The van der Waals surface area contributed by atoms with Crippen molar-refractivity contribution in [3.05, 3.63) is 29.6 Å². The van der Waals surface area contributed by atoms with Crippen LogP contribution in [0.4, 0.5) is 5.69 Å². The molecule has 2 heterocycles. The van der Waals surface area contributed by atoms with Gasteiger partial charge in [0.15, 0.2) is 0 Å². The molecule has 0 atom stereocenters. The van der Waals surface area contributed by atoms with Crippen LogP contribution in [0, 0.1) is 5.92 Å². The molecule has 1 saturated carbocycles. The lowest BCUT2D eigenvalue weighted by atomic mass is 9.78. The number of likely N-dealkylation sites (N-methyl/N-ethyl adjacent to an activating group) is 1. The van der Waals surface area contributed by atoms with Crippen molar-refractivity contribution in [2.24, 2.45) is 5.92 Å². The minimum atomic E-state index is 0.201. The highest BCUT2D eigenvalue weighted by atomic mass is 32.1. The van der Waals surface area contributed by atoms with Gasteiger partial charge in [0.2, 0.25) is 5.91 Å². The maximum Gasteiger partial charge on any atom is 0.236 e. The lowest BCUT2D eigenvalue weighted by molar-refractivity contribution is -0.129. The Hall–Kier alpha value is -1.63. The van der Waals surface area contributed by atoms with Crippen LogP contribution in [0.15, 0.2) is 29.6 Å². The zero-order chi connectivity index (χ0) is 20.2. The number of carbonyl (C=O) groups is 1. The number of rotatable bonds is 8. The molecule has 1 amide bonds. The fraction of sp³-hybridized carbons (Fsp3) is 0.609. The van der Waals surface area contributed by atoms with Gasteiger partial charge in [0.1, 0.15) is 0 Å². The van der Waals surface area contributed by atoms with Gasteiger partial charge in [-0.3, -0.25) is 9.69 Å². The number of thiophene rings is 1. The second-order valence-electron chi connectivity index (χ2n) is 8.55. The van der Waals surface area contributed by atoms with E-state index in [9.17, 15) is 4.79 Å². The number of hydrogen-bond donors (Lipinski definition) is 1. The molecule has 0 spiro atoms. The number of fused-ring (bicyclic) bond motifs is 1. The lowest BCUT2D eigenvalue weighted by Crippen LogP contribution is -2.49. The lowest BCUT2D eigenvalue weighted by Gasteiger charge is -2.40. The van der Waals surface area contributed by atoms with Gasteiger partial charge in [-0.25, -0.2) is 0 Å². The number of benzene rings is 1. The van der Waals surface area contributed by atoms with Crippen LogP contribution >= 0.6 is 11.3 Å². The van der Waals surface area contributed by atoms with Crippen molar-refractivity contribution in [2.75, 3.05) is 57.8 Å². The average molecular weight is 415 g/mol. The summed E-state index contributed by atoms with van der Waals surface area (Å²) in [4.78, 5) is 18.8. The quantitative estimate of drug-likeness (QED) is 0.720. The molecule has 1 aliphatic heterocycles. The maximum absolute atomic E-state index is 11.9. The van der Waals surface area contributed by atoms with Gasteiger partial charge in [-0.15, -0.1) is 11.3 Å². The van der Waals surface area contributed by atoms with Crippen molar-refractivity contribution >= 4 is 33.0 Å². The predicted octanol–water partition coefficient (Wildman–Crippen LogP) is 3.26. The summed E-state index contributed by atoms with van der Waals surface area (Å²) < 4.78 is 1.39. The Bertz CT molecular complexity index is 808. The van der Waals surface area contributed by atoms with E-state index in [2.05, 4.69) is 44.8 Å². The topological polar surface area (TPSA) is 38.8 Å². The SMILES string of the molecule is CCN(C)C(=O)CNC1CC(CCN2CCN(c3cccc4sccc34)CC2)C1. The number of piperazine rings is 1. The molecule has 1 aromatic heterocycles. The van der Waals surface area contributed by atoms with Crippen molar-refractivity contribution in [3.63, 3.8) is 0 Å². The number of nitrogens with one attached hydrogen (secondary N) is 1. The zero-order valence-electron chi connectivity index (χ0n) is 17.8. The van der Waals surface area contributed by atoms with Crippen molar-refractivity contribution in [1.82, 2.24) is 15.1 Å². The van der Waals surface area contributed by atoms with Crippen LogP contribution in [0.2, 0.25) is 0 Å². The molecular weight excluding hydrogens is 380 g/mol. The van der Waals surface area contributed by atoms with E-state index in [-0.39, 0.29) is 5.91 Å². The molecule has 29 heavy (non-hydrogen) atoms. The molecule has 6 heteroatoms. The van der Waals surface area contributed by atoms with Gasteiger partial charge in [0.25, 0.3) is 0 Å². The van der Waals surface area contributed by atoms with E-state index < -0.39 is 0 Å². The molecule has 2 aromatic rings. The normalized spacial score (nSPS) is 22.6. The summed E-state index contributed by atoms with van der Waals surface area (Å²) in [7, 11) is 1.87. The van der Waals surface area contributed by atoms with E-state index in [1.54, 1.807) is 4.90 Å². The monoisotopic (exact) mass is 414 g/mol. The molecule has 1 aliphatic carbocycles. The van der Waals surface area contributed by atoms with Gasteiger partial charge in [-0.05, 0) is 62.2 Å². The van der Waals surface area contributed by atoms with E-state index in [1.807, 2.05) is 25.3 Å². The first-order chi connectivity index (χ1) is 14.1. The van der Waals surface area contributed by atoms with Gasteiger partial charge >= 0.3 is 0 Å². The largest absolute Gasteiger partial charge is 0.368 e. The number of amides is 1. The fourth-order valence-electron chi connectivity index (χ4n) is 4.51. The molecule has 0 radical (unpaired) electrons. The summed E-state index contributed by atoms with van der Waals surface area (Å²) >= 11 is 1.83. The molecule has 1 N–H and O–H groups in total. The van der Waals surface area contributed by atoms with Crippen LogP contribution in [0.25, 0.3) is 10.1 Å². The van der Waals surface area contributed by atoms with Gasteiger partial charge in [0.05, 0.1) is 6.54 Å². The molecule has 0 unspecified atom stereocenters. The van der Waals surface area contributed by atoms with Gasteiger partial charge in [0, 0.05) is 61.6 Å². The fourth-order valence-corrected chi connectivity index (χ4v) is 5.32. The third kappa shape index (κ3) is 4.93. The van der Waals surface area contributed by atoms with Crippen LogP contribution in [0.3, 0.4) is 0 Å². The summed E-state index contributed by atoms with van der Waals surface area (Å²) in [5.41, 5.74) is 1.40. The van der Waals surface area contributed by atoms with Crippen LogP contribution < -0.4 is 10.2 Å². The number of hydrogen-bond acceptors (Lipinski definition) is 5. The molecule has 4 rings (SSSR count).